The van der Waals surface area contributed by atoms with Crippen LogP contribution < -0.4 is 9.47 Å². The molecule has 5 rings (SSSR count). The van der Waals surface area contributed by atoms with E-state index in [2.05, 4.69) is 20.3 Å². The van der Waals surface area contributed by atoms with Gasteiger partial charge in [0.15, 0.2) is 11.5 Å². The number of nitrogens with zero attached hydrogens (tertiary/aromatic N) is 4. The molecule has 2 aromatic heterocycles. The van der Waals surface area contributed by atoms with Crippen molar-refractivity contribution in [2.45, 2.75) is 6.42 Å². The molecule has 0 bridgehead atoms. The smallest absolute Gasteiger partial charge is 0.247 e. The van der Waals surface area contributed by atoms with Gasteiger partial charge in [0, 0.05) is 11.1 Å². The number of hydrogen-bond acceptors (Lipinski definition) is 8. The Morgan fingerprint density at radius 2 is 1.70 bits per heavy atom. The zero-order valence-corrected chi connectivity index (χ0v) is 13.8. The van der Waals surface area contributed by atoms with Crippen LogP contribution in [0.3, 0.4) is 0 Å². The van der Waals surface area contributed by atoms with E-state index < -0.39 is 0 Å². The maximum atomic E-state index is 13.0. The van der Waals surface area contributed by atoms with Crippen LogP contribution in [0.15, 0.2) is 51.4 Å². The van der Waals surface area contributed by atoms with Crippen molar-refractivity contribution in [2.75, 3.05) is 6.79 Å². The van der Waals surface area contributed by atoms with E-state index in [1.165, 1.54) is 12.1 Å². The summed E-state index contributed by atoms with van der Waals surface area (Å²) in [7, 11) is 0. The van der Waals surface area contributed by atoms with Crippen LogP contribution in [-0.4, -0.2) is 27.1 Å². The van der Waals surface area contributed by atoms with Crippen molar-refractivity contribution in [3.8, 4) is 34.3 Å². The van der Waals surface area contributed by atoms with Gasteiger partial charge in [0.2, 0.25) is 30.3 Å². The minimum Gasteiger partial charge on any atom is -0.454 e. The van der Waals surface area contributed by atoms with Gasteiger partial charge in [-0.15, -0.1) is 10.2 Å². The molecular formula is C18H11FN4O4. The van der Waals surface area contributed by atoms with Crippen molar-refractivity contribution in [1.82, 2.24) is 20.3 Å². The molecule has 8 nitrogen and oxygen atoms in total. The number of aromatic nitrogens is 4. The predicted octanol–water partition coefficient (Wildman–Crippen LogP) is 3.25. The normalized spacial score (nSPS) is 12.5. The monoisotopic (exact) mass is 366 g/mol. The summed E-state index contributed by atoms with van der Waals surface area (Å²) in [5.74, 6) is 2.34. The van der Waals surface area contributed by atoms with Gasteiger partial charge >= 0.3 is 0 Å². The Labute approximate surface area is 151 Å². The second kappa shape index (κ2) is 6.20. The molecule has 1 aliphatic rings. The fourth-order valence-electron chi connectivity index (χ4n) is 2.64. The molecule has 2 aromatic carbocycles. The van der Waals surface area contributed by atoms with Crippen LogP contribution >= 0.6 is 0 Å². The van der Waals surface area contributed by atoms with Crippen molar-refractivity contribution in [2.24, 2.45) is 0 Å². The van der Waals surface area contributed by atoms with Gasteiger partial charge in [0.25, 0.3) is 0 Å². The Morgan fingerprint density at radius 3 is 2.59 bits per heavy atom. The first-order valence-corrected chi connectivity index (χ1v) is 8.05. The molecule has 0 spiro atoms. The average molecular weight is 366 g/mol. The lowest BCUT2D eigenvalue weighted by Crippen LogP contribution is -1.92. The van der Waals surface area contributed by atoms with Crippen molar-refractivity contribution >= 4 is 0 Å². The van der Waals surface area contributed by atoms with Crippen LogP contribution in [0.1, 0.15) is 11.8 Å². The van der Waals surface area contributed by atoms with Crippen molar-refractivity contribution in [1.29, 1.82) is 0 Å². The lowest BCUT2D eigenvalue weighted by atomic mass is 10.2. The molecule has 0 amide bonds. The van der Waals surface area contributed by atoms with Gasteiger partial charge in [-0.1, -0.05) is 5.16 Å². The minimum atomic E-state index is -0.333. The van der Waals surface area contributed by atoms with E-state index in [1.807, 2.05) is 6.07 Å². The SMILES string of the molecule is Fc1ccc(-c2nnc(Cc3nc(-c4ccc5c(c4)OCO5)no3)o2)cc1. The lowest BCUT2D eigenvalue weighted by Gasteiger charge is -1.97. The number of fused-ring (bicyclic) bond motifs is 1. The highest BCUT2D eigenvalue weighted by Crippen LogP contribution is 2.35. The van der Waals surface area contributed by atoms with Crippen LogP contribution in [0.4, 0.5) is 4.39 Å². The topological polar surface area (TPSA) is 96.3 Å². The van der Waals surface area contributed by atoms with Gasteiger partial charge in [-0.2, -0.15) is 4.98 Å². The fraction of sp³-hybridized carbons (Fsp3) is 0.111. The largest absolute Gasteiger partial charge is 0.454 e. The molecule has 0 N–H and O–H groups in total. The third-order valence-electron chi connectivity index (χ3n) is 3.96. The molecule has 0 saturated heterocycles. The molecule has 0 aliphatic carbocycles. The number of halogens is 1. The van der Waals surface area contributed by atoms with Gasteiger partial charge in [0.1, 0.15) is 12.2 Å². The zero-order chi connectivity index (χ0) is 18.2. The van der Waals surface area contributed by atoms with Crippen molar-refractivity contribution in [3.63, 3.8) is 0 Å². The quantitative estimate of drug-likeness (QED) is 0.543. The highest BCUT2D eigenvalue weighted by Gasteiger charge is 2.18. The van der Waals surface area contributed by atoms with Crippen molar-refractivity contribution in [3.05, 3.63) is 60.1 Å². The van der Waals surface area contributed by atoms with Crippen LogP contribution in [-0.2, 0) is 6.42 Å². The minimum absolute atomic E-state index is 0.186. The number of ether oxygens (including phenoxy) is 2. The summed E-state index contributed by atoms with van der Waals surface area (Å²) in [5, 5.41) is 11.9. The molecule has 0 radical (unpaired) electrons. The summed E-state index contributed by atoms with van der Waals surface area (Å²) in [6.45, 7) is 0.198. The third kappa shape index (κ3) is 2.99. The van der Waals surface area contributed by atoms with Gasteiger partial charge in [-0.05, 0) is 42.5 Å². The highest BCUT2D eigenvalue weighted by molar-refractivity contribution is 5.61. The van der Waals surface area contributed by atoms with E-state index in [-0.39, 0.29) is 19.0 Å². The zero-order valence-electron chi connectivity index (χ0n) is 13.8. The summed E-state index contributed by atoms with van der Waals surface area (Å²) in [6, 6.07) is 11.2. The van der Waals surface area contributed by atoms with Gasteiger partial charge in [-0.25, -0.2) is 4.39 Å². The maximum Gasteiger partial charge on any atom is 0.247 e. The number of benzene rings is 2. The number of rotatable bonds is 4. The molecule has 0 atom stereocenters. The average Bonchev–Trinajstić information content (AvgIpc) is 3.42. The summed E-state index contributed by atoms with van der Waals surface area (Å²) in [4.78, 5) is 4.34. The molecule has 3 heterocycles. The number of hydrogen-bond donors (Lipinski definition) is 0. The highest BCUT2D eigenvalue weighted by atomic mass is 19.1. The fourth-order valence-corrected chi connectivity index (χ4v) is 2.64. The van der Waals surface area contributed by atoms with Gasteiger partial charge in [-0.3, -0.25) is 0 Å². The summed E-state index contributed by atoms with van der Waals surface area (Å²) >= 11 is 0. The first-order valence-electron chi connectivity index (χ1n) is 8.05. The first kappa shape index (κ1) is 15.5. The molecule has 0 saturated carbocycles. The van der Waals surface area contributed by atoms with E-state index >= 15 is 0 Å². The van der Waals surface area contributed by atoms with Crippen LogP contribution in [0.5, 0.6) is 11.5 Å². The molecule has 0 fully saturated rings. The van der Waals surface area contributed by atoms with E-state index in [9.17, 15) is 4.39 Å². The Balaban J connectivity index is 1.34. The van der Waals surface area contributed by atoms with Crippen LogP contribution in [0.25, 0.3) is 22.8 Å². The van der Waals surface area contributed by atoms with E-state index in [0.717, 1.165) is 5.56 Å². The third-order valence-corrected chi connectivity index (χ3v) is 3.96. The second-order valence-electron chi connectivity index (χ2n) is 5.76. The Morgan fingerprint density at radius 1 is 0.889 bits per heavy atom. The first-order chi connectivity index (χ1) is 13.2. The van der Waals surface area contributed by atoms with Crippen molar-refractivity contribution < 1.29 is 22.8 Å². The van der Waals surface area contributed by atoms with Gasteiger partial charge in [0.05, 0.1) is 0 Å². The van der Waals surface area contributed by atoms with E-state index in [1.54, 1.807) is 24.3 Å². The molecule has 4 aromatic rings. The molecular weight excluding hydrogens is 355 g/mol. The molecule has 27 heavy (non-hydrogen) atoms. The molecule has 1 aliphatic heterocycles. The molecule has 0 unspecified atom stereocenters. The molecule has 9 heteroatoms. The predicted molar refractivity (Wildman–Crippen MR) is 88.4 cm³/mol. The van der Waals surface area contributed by atoms with Crippen LogP contribution in [0, 0.1) is 5.82 Å². The standard InChI is InChI=1S/C18H11FN4O4/c19-12-4-1-10(2-5-12)18-22-21-16(26-18)8-15-20-17(23-27-15)11-3-6-13-14(7-11)25-9-24-13/h1-7H,8-9H2. The van der Waals surface area contributed by atoms with E-state index in [4.69, 9.17) is 18.4 Å². The Kier molecular flexibility index (Phi) is 3.56. The van der Waals surface area contributed by atoms with Crippen LogP contribution in [0.2, 0.25) is 0 Å². The van der Waals surface area contributed by atoms with Gasteiger partial charge < -0.3 is 18.4 Å². The molecule has 134 valence electrons. The summed E-state index contributed by atoms with van der Waals surface area (Å²) in [5.41, 5.74) is 1.37. The second-order valence-corrected chi connectivity index (χ2v) is 5.76. The Bertz CT molecular complexity index is 1110. The lowest BCUT2D eigenvalue weighted by molar-refractivity contribution is 0.174. The maximum absolute atomic E-state index is 13.0. The summed E-state index contributed by atoms with van der Waals surface area (Å²) in [6.07, 6.45) is 0.186. The summed E-state index contributed by atoms with van der Waals surface area (Å²) < 4.78 is 34.5. The van der Waals surface area contributed by atoms with E-state index in [0.29, 0.717) is 40.6 Å². The Hall–Kier alpha value is -3.75.